The molecular formula is C15H24N2O3. The molecule has 1 aliphatic carbocycles. The SMILES string of the molecule is CCOC1CC(O)C12CCN(Cc1ncc(C)o1)CC2. The van der Waals surface area contributed by atoms with Crippen LogP contribution in [0, 0.1) is 12.3 Å². The van der Waals surface area contributed by atoms with Gasteiger partial charge in [-0.1, -0.05) is 0 Å². The molecule has 1 aliphatic heterocycles. The van der Waals surface area contributed by atoms with Gasteiger partial charge in [0.2, 0.25) is 5.89 Å². The first kappa shape index (κ1) is 14.0. The second kappa shape index (κ2) is 5.47. The van der Waals surface area contributed by atoms with Crippen molar-refractivity contribution in [1.29, 1.82) is 0 Å². The molecule has 2 heterocycles. The maximum absolute atomic E-state index is 10.2. The molecule has 1 aromatic rings. The molecule has 1 spiro atoms. The van der Waals surface area contributed by atoms with Crippen LogP contribution in [0.25, 0.3) is 0 Å². The quantitative estimate of drug-likeness (QED) is 0.910. The van der Waals surface area contributed by atoms with Crippen molar-refractivity contribution < 1.29 is 14.3 Å². The minimum absolute atomic E-state index is 0.000973. The molecule has 20 heavy (non-hydrogen) atoms. The van der Waals surface area contributed by atoms with E-state index in [2.05, 4.69) is 9.88 Å². The average Bonchev–Trinajstić information content (AvgIpc) is 2.85. The molecule has 0 amide bonds. The molecule has 2 atom stereocenters. The highest BCUT2D eigenvalue weighted by Gasteiger charge is 2.55. The van der Waals surface area contributed by atoms with E-state index >= 15 is 0 Å². The zero-order valence-corrected chi connectivity index (χ0v) is 12.3. The van der Waals surface area contributed by atoms with Crippen molar-refractivity contribution in [2.45, 2.75) is 51.9 Å². The largest absolute Gasteiger partial charge is 0.445 e. The number of hydrogen-bond acceptors (Lipinski definition) is 5. The van der Waals surface area contributed by atoms with Crippen LogP contribution in [0.2, 0.25) is 0 Å². The Morgan fingerprint density at radius 3 is 2.80 bits per heavy atom. The van der Waals surface area contributed by atoms with Crippen molar-refractivity contribution in [3.8, 4) is 0 Å². The van der Waals surface area contributed by atoms with Gasteiger partial charge in [0.05, 0.1) is 24.9 Å². The van der Waals surface area contributed by atoms with Gasteiger partial charge in [-0.15, -0.1) is 0 Å². The smallest absolute Gasteiger partial charge is 0.208 e. The van der Waals surface area contributed by atoms with Crippen molar-refractivity contribution in [3.63, 3.8) is 0 Å². The van der Waals surface area contributed by atoms with Gasteiger partial charge in [-0.25, -0.2) is 4.98 Å². The van der Waals surface area contributed by atoms with Crippen LogP contribution in [0.5, 0.6) is 0 Å². The molecule has 1 saturated carbocycles. The zero-order valence-electron chi connectivity index (χ0n) is 12.3. The first-order valence-corrected chi connectivity index (χ1v) is 7.57. The van der Waals surface area contributed by atoms with Gasteiger partial charge < -0.3 is 14.3 Å². The summed E-state index contributed by atoms with van der Waals surface area (Å²) >= 11 is 0. The molecule has 1 N–H and O–H groups in total. The Hall–Kier alpha value is -0.910. The van der Waals surface area contributed by atoms with Crippen LogP contribution in [0.1, 0.15) is 37.8 Å². The van der Waals surface area contributed by atoms with Crippen LogP contribution in [-0.2, 0) is 11.3 Å². The Bertz CT molecular complexity index is 450. The summed E-state index contributed by atoms with van der Waals surface area (Å²) in [6, 6.07) is 0. The molecule has 5 nitrogen and oxygen atoms in total. The number of nitrogens with zero attached hydrogens (tertiary/aromatic N) is 2. The lowest BCUT2D eigenvalue weighted by atomic mass is 9.58. The number of hydrogen-bond donors (Lipinski definition) is 1. The van der Waals surface area contributed by atoms with Gasteiger partial charge in [0, 0.05) is 18.4 Å². The third-order valence-corrected chi connectivity index (χ3v) is 4.93. The summed E-state index contributed by atoms with van der Waals surface area (Å²) in [6.07, 6.45) is 4.62. The van der Waals surface area contributed by atoms with Gasteiger partial charge in [-0.05, 0) is 39.8 Å². The molecule has 2 aliphatic rings. The second-order valence-electron chi connectivity index (χ2n) is 6.07. The standard InChI is InChI=1S/C15H24N2O3/c1-3-19-13-8-12(18)15(13)4-6-17(7-5-15)10-14-16-9-11(2)20-14/h9,12-13,18H,3-8,10H2,1-2H3. The molecule has 112 valence electrons. The molecule has 0 aromatic carbocycles. The average molecular weight is 280 g/mol. The number of ether oxygens (including phenoxy) is 1. The van der Waals surface area contributed by atoms with E-state index < -0.39 is 0 Å². The number of aromatic nitrogens is 1. The van der Waals surface area contributed by atoms with Gasteiger partial charge in [-0.2, -0.15) is 0 Å². The number of aryl methyl sites for hydroxylation is 1. The maximum atomic E-state index is 10.2. The third-order valence-electron chi connectivity index (χ3n) is 4.93. The van der Waals surface area contributed by atoms with E-state index in [1.165, 1.54) is 0 Å². The fourth-order valence-corrected chi connectivity index (χ4v) is 3.61. The Morgan fingerprint density at radius 2 is 2.25 bits per heavy atom. The minimum atomic E-state index is -0.190. The molecule has 0 bridgehead atoms. The lowest BCUT2D eigenvalue weighted by Crippen LogP contribution is -2.62. The topological polar surface area (TPSA) is 58.7 Å². The summed E-state index contributed by atoms with van der Waals surface area (Å²) in [6.45, 7) is 7.39. The van der Waals surface area contributed by atoms with Crippen LogP contribution < -0.4 is 0 Å². The van der Waals surface area contributed by atoms with Gasteiger partial charge >= 0.3 is 0 Å². The molecular weight excluding hydrogens is 256 g/mol. The summed E-state index contributed by atoms with van der Waals surface area (Å²) in [4.78, 5) is 6.61. The van der Waals surface area contributed by atoms with Gasteiger partial charge in [0.15, 0.2) is 0 Å². The lowest BCUT2D eigenvalue weighted by molar-refractivity contribution is -0.210. The van der Waals surface area contributed by atoms with Crippen molar-refractivity contribution >= 4 is 0 Å². The molecule has 2 fully saturated rings. The van der Waals surface area contributed by atoms with E-state index in [1.807, 2.05) is 13.8 Å². The Kier molecular flexibility index (Phi) is 3.84. The van der Waals surface area contributed by atoms with Crippen LogP contribution in [0.3, 0.4) is 0 Å². The van der Waals surface area contributed by atoms with Crippen LogP contribution >= 0.6 is 0 Å². The molecule has 1 aromatic heterocycles. The van der Waals surface area contributed by atoms with Crippen LogP contribution in [0.4, 0.5) is 0 Å². The van der Waals surface area contributed by atoms with Crippen LogP contribution in [-0.4, -0.2) is 46.9 Å². The van der Waals surface area contributed by atoms with E-state index in [1.54, 1.807) is 6.20 Å². The molecule has 0 radical (unpaired) electrons. The van der Waals surface area contributed by atoms with Crippen molar-refractivity contribution in [2.24, 2.45) is 5.41 Å². The molecule has 2 unspecified atom stereocenters. The van der Waals surface area contributed by atoms with Gasteiger partial charge in [0.1, 0.15) is 5.76 Å². The number of rotatable bonds is 4. The van der Waals surface area contributed by atoms with Crippen molar-refractivity contribution in [3.05, 3.63) is 17.8 Å². The summed E-state index contributed by atoms with van der Waals surface area (Å²) in [7, 11) is 0. The van der Waals surface area contributed by atoms with E-state index in [0.29, 0.717) is 0 Å². The maximum Gasteiger partial charge on any atom is 0.208 e. The summed E-state index contributed by atoms with van der Waals surface area (Å²) in [5.41, 5.74) is -0.000973. The highest BCUT2D eigenvalue weighted by Crippen LogP contribution is 2.51. The predicted molar refractivity (Wildman–Crippen MR) is 74.2 cm³/mol. The number of likely N-dealkylation sites (tertiary alicyclic amines) is 1. The number of oxazole rings is 1. The Morgan fingerprint density at radius 1 is 1.50 bits per heavy atom. The summed E-state index contributed by atoms with van der Waals surface area (Å²) < 4.78 is 11.3. The highest BCUT2D eigenvalue weighted by atomic mass is 16.5. The first-order valence-electron chi connectivity index (χ1n) is 7.57. The summed E-state index contributed by atoms with van der Waals surface area (Å²) in [5, 5.41) is 10.2. The highest BCUT2D eigenvalue weighted by molar-refractivity contribution is 5.06. The number of aliphatic hydroxyl groups is 1. The Balaban J connectivity index is 1.56. The van der Waals surface area contributed by atoms with E-state index in [-0.39, 0.29) is 17.6 Å². The number of aliphatic hydroxyl groups excluding tert-OH is 1. The Labute approximate surface area is 119 Å². The van der Waals surface area contributed by atoms with Gasteiger partial charge in [0.25, 0.3) is 0 Å². The fourth-order valence-electron chi connectivity index (χ4n) is 3.61. The van der Waals surface area contributed by atoms with Crippen molar-refractivity contribution in [2.75, 3.05) is 19.7 Å². The third kappa shape index (κ3) is 2.38. The molecule has 3 rings (SSSR count). The zero-order chi connectivity index (χ0) is 14.2. The predicted octanol–water partition coefficient (Wildman–Crippen LogP) is 1.73. The summed E-state index contributed by atoms with van der Waals surface area (Å²) in [5.74, 6) is 1.65. The molecule has 1 saturated heterocycles. The monoisotopic (exact) mass is 280 g/mol. The minimum Gasteiger partial charge on any atom is -0.445 e. The first-order chi connectivity index (χ1) is 9.64. The van der Waals surface area contributed by atoms with Gasteiger partial charge in [-0.3, -0.25) is 4.90 Å². The molecule has 5 heteroatoms. The lowest BCUT2D eigenvalue weighted by Gasteiger charge is -2.56. The normalized spacial score (nSPS) is 29.6. The van der Waals surface area contributed by atoms with Crippen molar-refractivity contribution in [1.82, 2.24) is 9.88 Å². The van der Waals surface area contributed by atoms with Crippen LogP contribution in [0.15, 0.2) is 10.6 Å². The van der Waals surface area contributed by atoms with E-state index in [9.17, 15) is 5.11 Å². The second-order valence-corrected chi connectivity index (χ2v) is 6.07. The fraction of sp³-hybridized carbons (Fsp3) is 0.800. The van der Waals surface area contributed by atoms with E-state index in [4.69, 9.17) is 9.15 Å². The van der Waals surface area contributed by atoms with E-state index in [0.717, 1.165) is 57.2 Å². The number of piperidine rings is 1.